The van der Waals surface area contributed by atoms with E-state index in [1.54, 1.807) is 0 Å². The second-order valence-corrected chi connectivity index (χ2v) is 14.3. The SMILES string of the molecule is CC1=C[C@]23C(=O)[C@@H](C=C4COC(C)(C)O[C@H]4[C@]2(O)[C@H]1OC(=O)c1c(C)c2ccccc2n1C)[C@H]1[C@@H](C[C@H]3C)C1(C)C. The number of carbonyl (C=O) groups is 2. The summed E-state index contributed by atoms with van der Waals surface area (Å²) in [5, 5.41) is 14.2. The minimum Gasteiger partial charge on any atom is -0.450 e. The lowest BCUT2D eigenvalue weighted by molar-refractivity contribution is -0.302. The molecule has 1 saturated heterocycles. The third-order valence-corrected chi connectivity index (χ3v) is 11.4. The van der Waals surface area contributed by atoms with Gasteiger partial charge in [0.15, 0.2) is 23.3 Å². The molecule has 3 fully saturated rings. The van der Waals surface area contributed by atoms with Gasteiger partial charge in [-0.2, -0.15) is 0 Å². The second kappa shape index (κ2) is 8.21. The number of aromatic nitrogens is 1. The number of rotatable bonds is 2. The number of Topliss-reactive ketones (excluding diaryl/α,β-unsaturated/α-hetero) is 1. The Hall–Kier alpha value is -2.74. The van der Waals surface area contributed by atoms with Gasteiger partial charge < -0.3 is 23.9 Å². The summed E-state index contributed by atoms with van der Waals surface area (Å²) in [6.45, 7) is 14.2. The molecule has 1 aliphatic heterocycles. The Morgan fingerprint density at radius 3 is 2.56 bits per heavy atom. The monoisotopic (exact) mass is 559 g/mol. The van der Waals surface area contributed by atoms with Gasteiger partial charge in [-0.15, -0.1) is 0 Å². The molecule has 7 rings (SSSR count). The Kier molecular flexibility index (Phi) is 5.43. The zero-order chi connectivity index (χ0) is 29.4. The summed E-state index contributed by atoms with van der Waals surface area (Å²) in [6, 6.07) is 7.86. The molecule has 1 N–H and O–H groups in total. The average molecular weight is 560 g/mol. The number of hydrogen-bond acceptors (Lipinski definition) is 6. The van der Waals surface area contributed by atoms with Crippen molar-refractivity contribution in [3.05, 3.63) is 58.8 Å². The van der Waals surface area contributed by atoms with Crippen molar-refractivity contribution in [2.45, 2.75) is 78.5 Å². The molecule has 2 heterocycles. The molecule has 5 aliphatic rings. The van der Waals surface area contributed by atoms with Crippen LogP contribution in [0.1, 0.15) is 64.0 Å². The van der Waals surface area contributed by atoms with Crippen LogP contribution in [-0.4, -0.2) is 51.6 Å². The average Bonchev–Trinajstić information content (AvgIpc) is 3.28. The Bertz CT molecular complexity index is 1540. The summed E-state index contributed by atoms with van der Waals surface area (Å²) in [5.74, 6) is -1.49. The minimum atomic E-state index is -1.83. The van der Waals surface area contributed by atoms with Gasteiger partial charge in [0.25, 0.3) is 0 Å². The van der Waals surface area contributed by atoms with Gasteiger partial charge >= 0.3 is 5.97 Å². The lowest BCUT2D eigenvalue weighted by Gasteiger charge is -2.52. The van der Waals surface area contributed by atoms with E-state index in [0.29, 0.717) is 17.2 Å². The molecule has 7 nitrogen and oxygen atoms in total. The summed E-state index contributed by atoms with van der Waals surface area (Å²) in [5.41, 5.74) is 0.564. The maximum Gasteiger partial charge on any atom is 0.355 e. The molecule has 2 bridgehead atoms. The van der Waals surface area contributed by atoms with Crippen molar-refractivity contribution in [2.75, 3.05) is 6.61 Å². The smallest absolute Gasteiger partial charge is 0.355 e. The maximum absolute atomic E-state index is 14.9. The maximum atomic E-state index is 14.9. The van der Waals surface area contributed by atoms with Crippen LogP contribution in [0, 0.1) is 41.4 Å². The summed E-state index contributed by atoms with van der Waals surface area (Å²) in [6.07, 6.45) is 2.83. The molecule has 0 amide bonds. The van der Waals surface area contributed by atoms with Crippen LogP contribution in [-0.2, 0) is 26.1 Å². The van der Waals surface area contributed by atoms with Crippen LogP contribution in [0.2, 0.25) is 0 Å². The van der Waals surface area contributed by atoms with E-state index in [9.17, 15) is 14.7 Å². The number of para-hydroxylation sites is 1. The highest BCUT2D eigenvalue weighted by Crippen LogP contribution is 2.72. The summed E-state index contributed by atoms with van der Waals surface area (Å²) < 4.78 is 20.8. The van der Waals surface area contributed by atoms with Gasteiger partial charge in [-0.3, -0.25) is 4.79 Å². The van der Waals surface area contributed by atoms with Gasteiger partial charge in [0.05, 0.1) is 12.0 Å². The summed E-state index contributed by atoms with van der Waals surface area (Å²) in [7, 11) is 1.85. The van der Waals surface area contributed by atoms with Crippen molar-refractivity contribution in [2.24, 2.45) is 41.5 Å². The quantitative estimate of drug-likeness (QED) is 0.398. The number of aryl methyl sites for hydroxylation is 2. The highest BCUT2D eigenvalue weighted by Gasteiger charge is 2.77. The molecule has 41 heavy (non-hydrogen) atoms. The van der Waals surface area contributed by atoms with E-state index in [2.05, 4.69) is 20.8 Å². The van der Waals surface area contributed by atoms with E-state index in [0.717, 1.165) is 28.5 Å². The zero-order valence-electron chi connectivity index (χ0n) is 25.3. The normalized spacial score (nSPS) is 40.0. The van der Waals surface area contributed by atoms with Crippen LogP contribution >= 0.6 is 0 Å². The van der Waals surface area contributed by atoms with E-state index >= 15 is 0 Å². The number of allylic oxidation sites excluding steroid dienone is 1. The standard InChI is InChI=1S/C34H41NO6/c1-17-15-33-18(2)13-23-25(31(23,4)5)22(27(33)36)14-20-16-39-32(6,7)41-29(20)34(33,38)28(17)40-30(37)26-19(3)21-11-9-10-12-24(21)35(26)8/h9-12,14-15,18,22-23,25,28-29,38H,13,16H2,1-8H3/t18-,22+,23-,25+,28+,29-,33+,34-/m1/s1. The van der Waals surface area contributed by atoms with Crippen LogP contribution in [0.15, 0.2) is 47.6 Å². The Morgan fingerprint density at radius 2 is 1.85 bits per heavy atom. The Labute approximate surface area is 241 Å². The van der Waals surface area contributed by atoms with Crippen LogP contribution < -0.4 is 0 Å². The van der Waals surface area contributed by atoms with Gasteiger partial charge in [-0.1, -0.05) is 51.1 Å². The van der Waals surface area contributed by atoms with E-state index < -0.39 is 35.0 Å². The summed E-state index contributed by atoms with van der Waals surface area (Å²) >= 11 is 0. The number of hydrogen-bond donors (Lipinski definition) is 1. The van der Waals surface area contributed by atoms with Gasteiger partial charge in [-0.25, -0.2) is 4.79 Å². The van der Waals surface area contributed by atoms with Gasteiger partial charge in [0.2, 0.25) is 0 Å². The first-order chi connectivity index (χ1) is 19.2. The highest BCUT2D eigenvalue weighted by molar-refractivity contribution is 5.99. The number of ether oxygens (including phenoxy) is 3. The van der Waals surface area contributed by atoms with E-state index in [-0.39, 0.29) is 35.6 Å². The molecule has 1 aromatic heterocycles. The highest BCUT2D eigenvalue weighted by atomic mass is 16.7. The van der Waals surface area contributed by atoms with Crippen molar-refractivity contribution in [3.63, 3.8) is 0 Å². The lowest BCUT2D eigenvalue weighted by Crippen LogP contribution is -2.68. The van der Waals surface area contributed by atoms with Crippen molar-refractivity contribution < 1.29 is 28.9 Å². The largest absolute Gasteiger partial charge is 0.450 e. The number of fused-ring (bicyclic) bond motifs is 6. The van der Waals surface area contributed by atoms with Crippen molar-refractivity contribution in [3.8, 4) is 0 Å². The molecule has 1 aromatic carbocycles. The molecule has 8 atom stereocenters. The van der Waals surface area contributed by atoms with Crippen LogP contribution in [0.25, 0.3) is 10.9 Å². The molecule has 1 spiro atoms. The van der Waals surface area contributed by atoms with Gasteiger partial charge in [0.1, 0.15) is 11.8 Å². The topological polar surface area (TPSA) is 87.0 Å². The fraction of sp³-hybridized carbons (Fsp3) is 0.588. The van der Waals surface area contributed by atoms with Crippen LogP contribution in [0.3, 0.4) is 0 Å². The van der Waals surface area contributed by atoms with E-state index in [1.165, 1.54) is 0 Å². The number of ketones is 1. The number of aliphatic hydroxyl groups is 1. The first-order valence-corrected chi connectivity index (χ1v) is 14.9. The zero-order valence-corrected chi connectivity index (χ0v) is 25.3. The van der Waals surface area contributed by atoms with Crippen molar-refractivity contribution in [1.82, 2.24) is 4.57 Å². The Balaban J connectivity index is 1.39. The predicted octanol–water partition coefficient (Wildman–Crippen LogP) is 5.28. The Morgan fingerprint density at radius 1 is 1.15 bits per heavy atom. The molecule has 2 aromatic rings. The van der Waals surface area contributed by atoms with Gasteiger partial charge in [0, 0.05) is 23.9 Å². The number of carbonyl (C=O) groups excluding carboxylic acids is 2. The van der Waals surface area contributed by atoms with Crippen LogP contribution in [0.5, 0.6) is 0 Å². The molecule has 0 unspecified atom stereocenters. The predicted molar refractivity (Wildman–Crippen MR) is 154 cm³/mol. The van der Waals surface area contributed by atoms with Crippen LogP contribution in [0.4, 0.5) is 0 Å². The molecule has 4 aliphatic carbocycles. The lowest BCUT2D eigenvalue weighted by atomic mass is 9.59. The summed E-state index contributed by atoms with van der Waals surface area (Å²) in [4.78, 5) is 28.9. The molecule has 0 radical (unpaired) electrons. The van der Waals surface area contributed by atoms with Crippen molar-refractivity contribution >= 4 is 22.7 Å². The van der Waals surface area contributed by atoms with E-state index in [4.69, 9.17) is 14.2 Å². The number of benzene rings is 1. The first kappa shape index (κ1) is 27.1. The molecular formula is C34H41NO6. The minimum absolute atomic E-state index is 0.00701. The fourth-order valence-corrected chi connectivity index (χ4v) is 9.34. The molecular weight excluding hydrogens is 518 g/mol. The first-order valence-electron chi connectivity index (χ1n) is 14.9. The second-order valence-electron chi connectivity index (χ2n) is 14.3. The third-order valence-electron chi connectivity index (χ3n) is 11.4. The number of nitrogens with zero attached hydrogens (tertiary/aromatic N) is 1. The molecule has 2 saturated carbocycles. The number of esters is 1. The third kappa shape index (κ3) is 3.26. The molecule has 7 heteroatoms. The van der Waals surface area contributed by atoms with Crippen molar-refractivity contribution in [1.29, 1.82) is 0 Å². The van der Waals surface area contributed by atoms with Gasteiger partial charge in [-0.05, 0) is 80.1 Å². The van der Waals surface area contributed by atoms with E-state index in [1.807, 2.05) is 75.7 Å². The fourth-order valence-electron chi connectivity index (χ4n) is 9.34. The molecule has 218 valence electrons.